The molecule has 0 aliphatic heterocycles. The summed E-state index contributed by atoms with van der Waals surface area (Å²) in [7, 11) is 1.53. The molecule has 0 spiro atoms. The first-order valence-corrected chi connectivity index (χ1v) is 6.13. The summed E-state index contributed by atoms with van der Waals surface area (Å²) < 4.78 is 5.04. The second-order valence-electron chi connectivity index (χ2n) is 3.97. The molecule has 1 aromatic carbocycles. The Morgan fingerprint density at radius 2 is 2.00 bits per heavy atom. The molecule has 19 heavy (non-hydrogen) atoms. The summed E-state index contributed by atoms with van der Waals surface area (Å²) in [4.78, 5) is 18.2. The molecule has 0 atom stereocenters. The molecule has 2 rings (SSSR count). The number of amides is 1. The van der Waals surface area contributed by atoms with Crippen molar-refractivity contribution in [3.05, 3.63) is 54.2 Å². The number of carbonyl (C=O) groups is 1. The third-order valence-corrected chi connectivity index (χ3v) is 2.82. The Bertz CT molecular complexity index is 555. The van der Waals surface area contributed by atoms with Gasteiger partial charge in [0.2, 0.25) is 5.88 Å². The van der Waals surface area contributed by atoms with Gasteiger partial charge in [-0.05, 0) is 25.1 Å². The summed E-state index contributed by atoms with van der Waals surface area (Å²) in [5.41, 5.74) is 1.45. The van der Waals surface area contributed by atoms with E-state index in [1.807, 2.05) is 37.3 Å². The number of benzene rings is 1. The smallest absolute Gasteiger partial charge is 0.258 e. The molecule has 1 aromatic heterocycles. The summed E-state index contributed by atoms with van der Waals surface area (Å²) in [6.45, 7) is 2.55. The number of carbonyl (C=O) groups excluding carboxylic acids is 1. The normalized spacial score (nSPS) is 10.0. The van der Waals surface area contributed by atoms with E-state index in [0.717, 1.165) is 5.69 Å². The van der Waals surface area contributed by atoms with Crippen LogP contribution in [0, 0.1) is 0 Å². The lowest BCUT2D eigenvalue weighted by Crippen LogP contribution is -2.30. The van der Waals surface area contributed by atoms with Crippen molar-refractivity contribution < 1.29 is 9.53 Å². The number of ether oxygens (including phenoxy) is 1. The van der Waals surface area contributed by atoms with Crippen LogP contribution in [0.25, 0.3) is 0 Å². The van der Waals surface area contributed by atoms with Crippen molar-refractivity contribution in [2.45, 2.75) is 6.92 Å². The standard InChI is InChI=1S/C15H16N2O2/c1-3-17(13-7-5-4-6-8-13)15(18)12-9-10-16-14(11-12)19-2/h4-11H,3H2,1-2H3. The minimum atomic E-state index is -0.0607. The monoisotopic (exact) mass is 256 g/mol. The Morgan fingerprint density at radius 3 is 2.63 bits per heavy atom. The molecule has 0 N–H and O–H groups in total. The molecule has 4 heteroatoms. The number of aromatic nitrogens is 1. The fourth-order valence-electron chi connectivity index (χ4n) is 1.86. The van der Waals surface area contributed by atoms with Gasteiger partial charge in [-0.1, -0.05) is 18.2 Å². The zero-order chi connectivity index (χ0) is 13.7. The summed E-state index contributed by atoms with van der Waals surface area (Å²) >= 11 is 0. The van der Waals surface area contributed by atoms with E-state index in [4.69, 9.17) is 4.74 Å². The zero-order valence-electron chi connectivity index (χ0n) is 11.0. The summed E-state index contributed by atoms with van der Waals surface area (Å²) in [6.07, 6.45) is 1.57. The lowest BCUT2D eigenvalue weighted by molar-refractivity contribution is 0.0988. The van der Waals surface area contributed by atoms with Crippen LogP contribution in [0.3, 0.4) is 0 Å². The molecule has 98 valence electrons. The molecular formula is C15H16N2O2. The van der Waals surface area contributed by atoms with Crippen molar-refractivity contribution in [1.82, 2.24) is 4.98 Å². The Morgan fingerprint density at radius 1 is 1.26 bits per heavy atom. The SMILES string of the molecule is CCN(C(=O)c1ccnc(OC)c1)c1ccccc1. The molecule has 0 aliphatic rings. The van der Waals surface area contributed by atoms with Gasteiger partial charge in [-0.2, -0.15) is 0 Å². The van der Waals surface area contributed by atoms with Gasteiger partial charge < -0.3 is 9.64 Å². The van der Waals surface area contributed by atoms with Crippen molar-refractivity contribution >= 4 is 11.6 Å². The van der Waals surface area contributed by atoms with Crippen molar-refractivity contribution in [2.24, 2.45) is 0 Å². The molecule has 4 nitrogen and oxygen atoms in total. The molecular weight excluding hydrogens is 240 g/mol. The molecule has 0 fully saturated rings. The highest BCUT2D eigenvalue weighted by molar-refractivity contribution is 6.06. The third kappa shape index (κ3) is 2.91. The Balaban J connectivity index is 2.30. The predicted molar refractivity (Wildman–Crippen MR) is 74.6 cm³/mol. The zero-order valence-corrected chi connectivity index (χ0v) is 11.0. The van der Waals surface area contributed by atoms with Gasteiger partial charge in [-0.15, -0.1) is 0 Å². The number of nitrogens with zero attached hydrogens (tertiary/aromatic N) is 2. The van der Waals surface area contributed by atoms with Gasteiger partial charge in [0.15, 0.2) is 0 Å². The minimum absolute atomic E-state index is 0.0607. The molecule has 0 saturated heterocycles. The second kappa shape index (κ2) is 6.00. The van der Waals surface area contributed by atoms with E-state index in [9.17, 15) is 4.79 Å². The van der Waals surface area contributed by atoms with Gasteiger partial charge in [-0.3, -0.25) is 4.79 Å². The van der Waals surface area contributed by atoms with Gasteiger partial charge >= 0.3 is 0 Å². The molecule has 0 bridgehead atoms. The fourth-order valence-corrected chi connectivity index (χ4v) is 1.86. The van der Waals surface area contributed by atoms with Gasteiger partial charge in [0.05, 0.1) is 7.11 Å². The first-order chi connectivity index (χ1) is 9.26. The highest BCUT2D eigenvalue weighted by atomic mass is 16.5. The Kier molecular flexibility index (Phi) is 4.13. The van der Waals surface area contributed by atoms with E-state index in [0.29, 0.717) is 18.0 Å². The van der Waals surface area contributed by atoms with Crippen molar-refractivity contribution in [2.75, 3.05) is 18.6 Å². The van der Waals surface area contributed by atoms with E-state index < -0.39 is 0 Å². The number of rotatable bonds is 4. The van der Waals surface area contributed by atoms with Crippen LogP contribution in [0.2, 0.25) is 0 Å². The number of hydrogen-bond donors (Lipinski definition) is 0. The van der Waals surface area contributed by atoms with Crippen LogP contribution in [0.4, 0.5) is 5.69 Å². The summed E-state index contributed by atoms with van der Waals surface area (Å²) in [5.74, 6) is 0.379. The average molecular weight is 256 g/mol. The molecule has 2 aromatic rings. The number of anilines is 1. The largest absolute Gasteiger partial charge is 0.481 e. The molecule has 0 aliphatic carbocycles. The van der Waals surface area contributed by atoms with Gasteiger partial charge in [0.25, 0.3) is 5.91 Å². The lowest BCUT2D eigenvalue weighted by atomic mass is 10.2. The first-order valence-electron chi connectivity index (χ1n) is 6.13. The Labute approximate surface area is 112 Å². The fraction of sp³-hybridized carbons (Fsp3) is 0.200. The quantitative estimate of drug-likeness (QED) is 0.844. The van der Waals surface area contributed by atoms with Crippen LogP contribution in [-0.4, -0.2) is 24.5 Å². The number of methoxy groups -OCH3 is 1. The van der Waals surface area contributed by atoms with E-state index in [1.165, 1.54) is 7.11 Å². The van der Waals surface area contributed by atoms with E-state index in [2.05, 4.69) is 4.98 Å². The first kappa shape index (κ1) is 13.1. The number of hydrogen-bond acceptors (Lipinski definition) is 3. The molecule has 1 amide bonds. The van der Waals surface area contributed by atoms with Crippen LogP contribution in [0.5, 0.6) is 5.88 Å². The molecule has 0 radical (unpaired) electrons. The summed E-state index contributed by atoms with van der Waals surface area (Å²) in [5, 5.41) is 0. The predicted octanol–water partition coefficient (Wildman–Crippen LogP) is 2.76. The van der Waals surface area contributed by atoms with Crippen LogP contribution in [-0.2, 0) is 0 Å². The van der Waals surface area contributed by atoms with Crippen molar-refractivity contribution in [3.63, 3.8) is 0 Å². The molecule has 0 unspecified atom stereocenters. The summed E-state index contributed by atoms with van der Waals surface area (Å²) in [6, 6.07) is 12.9. The average Bonchev–Trinajstić information content (AvgIpc) is 2.49. The maximum Gasteiger partial charge on any atom is 0.258 e. The highest BCUT2D eigenvalue weighted by Gasteiger charge is 2.16. The van der Waals surface area contributed by atoms with Crippen LogP contribution in [0.15, 0.2) is 48.7 Å². The van der Waals surface area contributed by atoms with Crippen LogP contribution >= 0.6 is 0 Å². The highest BCUT2D eigenvalue weighted by Crippen LogP contribution is 2.18. The maximum absolute atomic E-state index is 12.5. The lowest BCUT2D eigenvalue weighted by Gasteiger charge is -2.21. The molecule has 1 heterocycles. The second-order valence-corrected chi connectivity index (χ2v) is 3.97. The van der Waals surface area contributed by atoms with Gasteiger partial charge in [0, 0.05) is 30.1 Å². The Hall–Kier alpha value is -2.36. The van der Waals surface area contributed by atoms with E-state index in [-0.39, 0.29) is 5.91 Å². The van der Waals surface area contributed by atoms with E-state index >= 15 is 0 Å². The van der Waals surface area contributed by atoms with Crippen molar-refractivity contribution in [1.29, 1.82) is 0 Å². The van der Waals surface area contributed by atoms with E-state index in [1.54, 1.807) is 23.2 Å². The number of pyridine rings is 1. The van der Waals surface area contributed by atoms with Crippen LogP contribution < -0.4 is 9.64 Å². The third-order valence-electron chi connectivity index (χ3n) is 2.82. The maximum atomic E-state index is 12.5. The topological polar surface area (TPSA) is 42.4 Å². The van der Waals surface area contributed by atoms with Gasteiger partial charge in [-0.25, -0.2) is 4.98 Å². The molecule has 0 saturated carbocycles. The van der Waals surface area contributed by atoms with Crippen molar-refractivity contribution in [3.8, 4) is 5.88 Å². The van der Waals surface area contributed by atoms with Gasteiger partial charge in [0.1, 0.15) is 0 Å². The van der Waals surface area contributed by atoms with Crippen LogP contribution in [0.1, 0.15) is 17.3 Å². The number of para-hydroxylation sites is 1. The minimum Gasteiger partial charge on any atom is -0.481 e.